The molecule has 0 saturated carbocycles. The van der Waals surface area contributed by atoms with E-state index in [0.29, 0.717) is 0 Å². The van der Waals surface area contributed by atoms with Crippen LogP contribution >= 0.6 is 37.9 Å². The van der Waals surface area contributed by atoms with Crippen molar-refractivity contribution >= 4 is 55.8 Å². The molecule has 0 fully saturated rings. The molecule has 0 unspecified atom stereocenters. The number of aliphatic hydroxyl groups is 3. The number of hydrogen-bond donors (Lipinski definition) is 6. The first-order chi connectivity index (χ1) is 10.8. The summed E-state index contributed by atoms with van der Waals surface area (Å²) in [5, 5.41) is 28.7. The molecule has 0 amide bonds. The number of carbonyl (C=O) groups is 3. The van der Waals surface area contributed by atoms with Crippen LogP contribution in [0, 0.1) is 0 Å². The number of ether oxygens (including phenoxy) is 3. The van der Waals surface area contributed by atoms with Crippen molar-refractivity contribution in [3.63, 3.8) is 0 Å². The Morgan fingerprint density at radius 1 is 0.696 bits per heavy atom. The van der Waals surface area contributed by atoms with E-state index in [1.54, 1.807) is 0 Å². The van der Waals surface area contributed by atoms with Crippen LogP contribution < -0.4 is 0 Å². The quantitative estimate of drug-likeness (QED) is 0.140. The number of aliphatic hydroxyl groups excluding tert-OH is 3. The molecule has 0 aromatic rings. The second-order valence-corrected chi connectivity index (χ2v) is 5.07. The first kappa shape index (κ1) is 22.3. The highest BCUT2D eigenvalue weighted by molar-refractivity contribution is 7.81. The van der Waals surface area contributed by atoms with Crippen LogP contribution in [0.3, 0.4) is 0 Å². The number of carbonyl (C=O) groups excluding carboxylic acids is 3. The van der Waals surface area contributed by atoms with Gasteiger partial charge in [0.05, 0.1) is 30.5 Å². The first-order valence-electron chi connectivity index (χ1n) is 6.11. The third-order valence-electron chi connectivity index (χ3n) is 2.67. The minimum Gasteiger partial charge on any atom is -0.445 e. The predicted molar refractivity (Wildman–Crippen MR) is 86.6 cm³/mol. The van der Waals surface area contributed by atoms with Crippen LogP contribution in [0.25, 0.3) is 0 Å². The maximum absolute atomic E-state index is 11.6. The Morgan fingerprint density at radius 3 is 1.30 bits per heavy atom. The molecule has 0 atom stereocenters. The van der Waals surface area contributed by atoms with Crippen LogP contribution in [0.1, 0.15) is 0 Å². The highest BCUT2D eigenvalue weighted by Gasteiger charge is 2.61. The molecule has 0 spiro atoms. The van der Waals surface area contributed by atoms with E-state index in [-0.39, 0.29) is 0 Å². The van der Waals surface area contributed by atoms with Gasteiger partial charge in [-0.3, -0.25) is 14.4 Å². The Labute approximate surface area is 148 Å². The van der Waals surface area contributed by atoms with Gasteiger partial charge in [-0.05, 0) is 0 Å². The molecular formula is C11H18O9S3. The lowest BCUT2D eigenvalue weighted by molar-refractivity contribution is -0.320. The third-order valence-corrected chi connectivity index (χ3v) is 3.44. The van der Waals surface area contributed by atoms with Gasteiger partial charge in [-0.15, -0.1) is 0 Å². The second-order valence-electron chi connectivity index (χ2n) is 4.12. The fourth-order valence-corrected chi connectivity index (χ4v) is 1.72. The molecule has 0 radical (unpaired) electrons. The average molecular weight is 390 g/mol. The van der Waals surface area contributed by atoms with Gasteiger partial charge in [0.2, 0.25) is 5.60 Å². The van der Waals surface area contributed by atoms with E-state index in [1.807, 2.05) is 0 Å². The SMILES string of the molecule is O=C(CS)OC(CO)(CO)C(CO)(OC(=O)CS)OC(=O)CS. The van der Waals surface area contributed by atoms with Crippen molar-refractivity contribution in [3.05, 3.63) is 0 Å². The second kappa shape index (κ2) is 10.3. The zero-order chi connectivity index (χ0) is 18.1. The third kappa shape index (κ3) is 5.43. The van der Waals surface area contributed by atoms with E-state index < -0.39 is 66.4 Å². The summed E-state index contributed by atoms with van der Waals surface area (Å²) in [5.74, 6) is -7.26. The Kier molecular flexibility index (Phi) is 9.96. The van der Waals surface area contributed by atoms with Crippen LogP contribution in [-0.4, -0.2) is 81.7 Å². The van der Waals surface area contributed by atoms with E-state index >= 15 is 0 Å². The van der Waals surface area contributed by atoms with Gasteiger partial charge in [-0.1, -0.05) is 0 Å². The topological polar surface area (TPSA) is 140 Å². The summed E-state index contributed by atoms with van der Waals surface area (Å²) in [6.45, 7) is -3.49. The van der Waals surface area contributed by atoms with Gasteiger partial charge in [0.15, 0.2) is 0 Å². The van der Waals surface area contributed by atoms with Crippen molar-refractivity contribution in [2.24, 2.45) is 0 Å². The van der Waals surface area contributed by atoms with Crippen molar-refractivity contribution in [2.45, 2.75) is 11.4 Å². The molecule has 0 aliphatic carbocycles. The Hall–Kier alpha value is -0.660. The highest BCUT2D eigenvalue weighted by atomic mass is 32.1. The molecule has 0 rings (SSSR count). The molecule has 12 heteroatoms. The maximum atomic E-state index is 11.6. The summed E-state index contributed by atoms with van der Waals surface area (Å²) in [5.41, 5.74) is -2.46. The van der Waals surface area contributed by atoms with Crippen molar-refractivity contribution in [1.82, 2.24) is 0 Å². The Bertz CT molecular complexity index is 407. The van der Waals surface area contributed by atoms with Crippen LogP contribution in [0.5, 0.6) is 0 Å². The fraction of sp³-hybridized carbons (Fsp3) is 0.727. The van der Waals surface area contributed by atoms with Gasteiger partial charge in [-0.25, -0.2) is 0 Å². The van der Waals surface area contributed by atoms with Gasteiger partial charge >= 0.3 is 23.7 Å². The molecule has 9 nitrogen and oxygen atoms in total. The average Bonchev–Trinajstić information content (AvgIpc) is 2.58. The van der Waals surface area contributed by atoms with Gasteiger partial charge in [-0.2, -0.15) is 37.9 Å². The molecular weight excluding hydrogens is 372 g/mol. The molecule has 134 valence electrons. The van der Waals surface area contributed by atoms with E-state index in [0.717, 1.165) is 0 Å². The van der Waals surface area contributed by atoms with Crippen LogP contribution in [0.15, 0.2) is 0 Å². The van der Waals surface area contributed by atoms with Gasteiger partial charge in [0.1, 0.15) is 6.61 Å². The van der Waals surface area contributed by atoms with Crippen molar-refractivity contribution in [3.8, 4) is 0 Å². The van der Waals surface area contributed by atoms with Crippen LogP contribution in [0.2, 0.25) is 0 Å². The number of rotatable bonds is 10. The summed E-state index contributed by atoms with van der Waals surface area (Å²) in [6, 6.07) is 0. The Morgan fingerprint density at radius 2 is 1.04 bits per heavy atom. The molecule has 3 N–H and O–H groups in total. The van der Waals surface area contributed by atoms with Gasteiger partial charge < -0.3 is 29.5 Å². The number of thiol groups is 3. The molecule has 0 aliphatic rings. The maximum Gasteiger partial charge on any atom is 0.324 e. The lowest BCUT2D eigenvalue weighted by atomic mass is 9.94. The van der Waals surface area contributed by atoms with Gasteiger partial charge in [0, 0.05) is 0 Å². The highest BCUT2D eigenvalue weighted by Crippen LogP contribution is 2.32. The van der Waals surface area contributed by atoms with Gasteiger partial charge in [0.25, 0.3) is 0 Å². The van der Waals surface area contributed by atoms with E-state index in [2.05, 4.69) is 37.9 Å². The lowest BCUT2D eigenvalue weighted by Gasteiger charge is -2.44. The zero-order valence-corrected chi connectivity index (χ0v) is 14.6. The lowest BCUT2D eigenvalue weighted by Crippen LogP contribution is -2.67. The van der Waals surface area contributed by atoms with Crippen LogP contribution in [-0.2, 0) is 28.6 Å². The minimum atomic E-state index is -2.69. The Balaban J connectivity index is 6.01. The molecule has 0 aliphatic heterocycles. The molecule has 0 heterocycles. The van der Waals surface area contributed by atoms with E-state index in [1.165, 1.54) is 0 Å². The molecule has 0 aromatic heterocycles. The monoisotopic (exact) mass is 390 g/mol. The standard InChI is InChI=1S/C11H18O9S3/c12-4-10(5-13,18-7(15)1-21)11(6-14,19-8(16)2-22)20-9(17)3-23/h12-14,21-23H,1-6H2. The molecule has 23 heavy (non-hydrogen) atoms. The molecule has 0 bridgehead atoms. The summed E-state index contributed by atoms with van der Waals surface area (Å²) in [6.07, 6.45) is 0. The summed E-state index contributed by atoms with van der Waals surface area (Å²) < 4.78 is 14.5. The zero-order valence-electron chi connectivity index (χ0n) is 11.9. The largest absolute Gasteiger partial charge is 0.445 e. The van der Waals surface area contributed by atoms with E-state index in [4.69, 9.17) is 14.2 Å². The summed E-state index contributed by atoms with van der Waals surface area (Å²) in [4.78, 5) is 34.6. The van der Waals surface area contributed by atoms with E-state index in [9.17, 15) is 29.7 Å². The minimum absolute atomic E-state index is 0.454. The smallest absolute Gasteiger partial charge is 0.324 e. The van der Waals surface area contributed by atoms with Crippen molar-refractivity contribution < 1.29 is 43.9 Å². The number of esters is 3. The molecule has 0 aromatic carbocycles. The summed E-state index contributed by atoms with van der Waals surface area (Å²) >= 11 is 11.0. The normalized spacial score (nSPS) is 11.7. The predicted octanol–water partition coefficient (Wildman–Crippen LogP) is -2.18. The summed E-state index contributed by atoms with van der Waals surface area (Å²) in [7, 11) is 0. The first-order valence-corrected chi connectivity index (χ1v) is 8.00. The number of hydrogen-bond acceptors (Lipinski definition) is 12. The van der Waals surface area contributed by atoms with Crippen LogP contribution in [0.4, 0.5) is 0 Å². The van der Waals surface area contributed by atoms with Crippen molar-refractivity contribution in [2.75, 3.05) is 37.1 Å². The molecule has 0 saturated heterocycles. The van der Waals surface area contributed by atoms with Crippen molar-refractivity contribution in [1.29, 1.82) is 0 Å². The fourth-order valence-electron chi connectivity index (χ4n) is 1.53.